The third-order valence-electron chi connectivity index (χ3n) is 5.34. The average molecular weight is 379 g/mol. The van der Waals surface area contributed by atoms with Crippen molar-refractivity contribution in [3.8, 4) is 11.3 Å². The SMILES string of the molecule is CC1CCN(c2ccc(CNCc3ccc(-c4ccc(F)cc4)o3)cn2)CC1. The fraction of sp³-hybridized carbons (Fsp3) is 0.348. The molecule has 2 aromatic heterocycles. The predicted octanol–water partition coefficient (Wildman–Crippen LogP) is 5.01. The Morgan fingerprint density at radius 2 is 1.82 bits per heavy atom. The minimum atomic E-state index is -0.244. The van der Waals surface area contributed by atoms with E-state index >= 15 is 0 Å². The number of halogens is 1. The Hall–Kier alpha value is -2.66. The van der Waals surface area contributed by atoms with Crippen LogP contribution in [0.25, 0.3) is 11.3 Å². The molecule has 146 valence electrons. The van der Waals surface area contributed by atoms with E-state index in [0.717, 1.165) is 54.0 Å². The molecule has 0 atom stereocenters. The summed E-state index contributed by atoms with van der Waals surface area (Å²) in [5.41, 5.74) is 2.03. The molecule has 0 amide bonds. The number of nitrogens with zero attached hydrogens (tertiary/aromatic N) is 2. The summed E-state index contributed by atoms with van der Waals surface area (Å²) in [5.74, 6) is 3.26. The molecule has 3 heterocycles. The molecule has 1 aliphatic heterocycles. The highest BCUT2D eigenvalue weighted by Gasteiger charge is 2.16. The smallest absolute Gasteiger partial charge is 0.134 e. The van der Waals surface area contributed by atoms with Gasteiger partial charge in [0, 0.05) is 31.4 Å². The number of nitrogens with one attached hydrogen (secondary N) is 1. The number of benzene rings is 1. The summed E-state index contributed by atoms with van der Waals surface area (Å²) < 4.78 is 18.9. The molecule has 0 bridgehead atoms. The molecule has 28 heavy (non-hydrogen) atoms. The van der Waals surface area contributed by atoms with Gasteiger partial charge in [0.15, 0.2) is 0 Å². The van der Waals surface area contributed by atoms with Crippen molar-refractivity contribution in [3.05, 3.63) is 71.9 Å². The average Bonchev–Trinajstić information content (AvgIpc) is 3.19. The van der Waals surface area contributed by atoms with Crippen LogP contribution in [0.2, 0.25) is 0 Å². The molecule has 5 heteroatoms. The minimum absolute atomic E-state index is 0.244. The van der Waals surface area contributed by atoms with Gasteiger partial charge in [0.05, 0.1) is 6.54 Å². The maximum Gasteiger partial charge on any atom is 0.134 e. The second-order valence-corrected chi connectivity index (χ2v) is 7.57. The maximum atomic E-state index is 13.0. The molecule has 4 rings (SSSR count). The maximum absolute atomic E-state index is 13.0. The number of hydrogen-bond acceptors (Lipinski definition) is 4. The molecule has 1 aliphatic rings. The van der Waals surface area contributed by atoms with Gasteiger partial charge in [0.2, 0.25) is 0 Å². The van der Waals surface area contributed by atoms with Crippen LogP contribution in [0, 0.1) is 11.7 Å². The standard InChI is InChI=1S/C23H26FN3O/c1-17-10-12-27(13-11-17)23-9-2-18(15-26-23)14-25-16-21-7-8-22(28-21)19-3-5-20(24)6-4-19/h2-9,15,17,25H,10-14,16H2,1H3. The third-order valence-corrected chi connectivity index (χ3v) is 5.34. The lowest BCUT2D eigenvalue weighted by Gasteiger charge is -2.31. The molecule has 4 nitrogen and oxygen atoms in total. The summed E-state index contributed by atoms with van der Waals surface area (Å²) in [4.78, 5) is 7.01. The molecule has 0 aliphatic carbocycles. The Morgan fingerprint density at radius 1 is 1.04 bits per heavy atom. The van der Waals surface area contributed by atoms with E-state index in [2.05, 4.69) is 34.3 Å². The summed E-state index contributed by atoms with van der Waals surface area (Å²) >= 11 is 0. The Balaban J connectivity index is 1.28. The van der Waals surface area contributed by atoms with E-state index in [0.29, 0.717) is 6.54 Å². The van der Waals surface area contributed by atoms with Gasteiger partial charge in [-0.2, -0.15) is 0 Å². The fourth-order valence-corrected chi connectivity index (χ4v) is 3.52. The van der Waals surface area contributed by atoms with Crippen molar-refractivity contribution < 1.29 is 8.81 Å². The van der Waals surface area contributed by atoms with Gasteiger partial charge in [0.1, 0.15) is 23.2 Å². The monoisotopic (exact) mass is 379 g/mol. The van der Waals surface area contributed by atoms with Crippen LogP contribution in [0.1, 0.15) is 31.1 Å². The normalized spacial score (nSPS) is 15.1. The number of piperidine rings is 1. The second-order valence-electron chi connectivity index (χ2n) is 7.57. The van der Waals surface area contributed by atoms with E-state index < -0.39 is 0 Å². The first-order valence-corrected chi connectivity index (χ1v) is 9.92. The van der Waals surface area contributed by atoms with Crippen LogP contribution < -0.4 is 10.2 Å². The van der Waals surface area contributed by atoms with Crippen LogP contribution in [0.3, 0.4) is 0 Å². The zero-order chi connectivity index (χ0) is 19.3. The molecule has 0 radical (unpaired) electrons. The zero-order valence-electron chi connectivity index (χ0n) is 16.2. The van der Waals surface area contributed by atoms with E-state index in [1.165, 1.54) is 25.0 Å². The highest BCUT2D eigenvalue weighted by Crippen LogP contribution is 2.23. The fourth-order valence-electron chi connectivity index (χ4n) is 3.52. The van der Waals surface area contributed by atoms with Crippen LogP contribution in [-0.4, -0.2) is 18.1 Å². The van der Waals surface area contributed by atoms with Crippen LogP contribution in [0.5, 0.6) is 0 Å². The first-order valence-electron chi connectivity index (χ1n) is 9.92. The Morgan fingerprint density at radius 3 is 2.54 bits per heavy atom. The zero-order valence-corrected chi connectivity index (χ0v) is 16.2. The topological polar surface area (TPSA) is 41.3 Å². The van der Waals surface area contributed by atoms with Crippen molar-refractivity contribution in [2.45, 2.75) is 32.9 Å². The van der Waals surface area contributed by atoms with Crippen molar-refractivity contribution in [1.82, 2.24) is 10.3 Å². The Kier molecular flexibility index (Phi) is 5.72. The highest BCUT2D eigenvalue weighted by molar-refractivity contribution is 5.57. The number of hydrogen-bond donors (Lipinski definition) is 1. The molecule has 1 fully saturated rings. The van der Waals surface area contributed by atoms with Crippen molar-refractivity contribution in [2.24, 2.45) is 5.92 Å². The van der Waals surface area contributed by atoms with Gasteiger partial charge in [0.25, 0.3) is 0 Å². The van der Waals surface area contributed by atoms with Gasteiger partial charge >= 0.3 is 0 Å². The van der Waals surface area contributed by atoms with Crippen molar-refractivity contribution in [3.63, 3.8) is 0 Å². The number of rotatable bonds is 6. The van der Waals surface area contributed by atoms with Crippen LogP contribution in [-0.2, 0) is 13.1 Å². The summed E-state index contributed by atoms with van der Waals surface area (Å²) in [7, 11) is 0. The van der Waals surface area contributed by atoms with E-state index in [-0.39, 0.29) is 5.82 Å². The summed E-state index contributed by atoms with van der Waals surface area (Å²) in [5, 5.41) is 3.39. The van der Waals surface area contributed by atoms with E-state index in [9.17, 15) is 4.39 Å². The van der Waals surface area contributed by atoms with Crippen LogP contribution >= 0.6 is 0 Å². The quantitative estimate of drug-likeness (QED) is 0.654. The molecule has 1 N–H and O–H groups in total. The lowest BCUT2D eigenvalue weighted by atomic mass is 9.99. The first-order chi connectivity index (χ1) is 13.7. The van der Waals surface area contributed by atoms with Gasteiger partial charge in [-0.3, -0.25) is 0 Å². The molecule has 3 aromatic rings. The molecular formula is C23H26FN3O. The Bertz CT molecular complexity index is 881. The lowest BCUT2D eigenvalue weighted by molar-refractivity contribution is 0.436. The van der Waals surface area contributed by atoms with E-state index in [1.807, 2.05) is 18.3 Å². The summed E-state index contributed by atoms with van der Waals surface area (Å²) in [6.45, 7) is 5.88. The van der Waals surface area contributed by atoms with E-state index in [4.69, 9.17) is 4.42 Å². The number of furan rings is 1. The van der Waals surface area contributed by atoms with Crippen molar-refractivity contribution in [1.29, 1.82) is 0 Å². The largest absolute Gasteiger partial charge is 0.460 e. The minimum Gasteiger partial charge on any atom is -0.460 e. The number of anilines is 1. The van der Waals surface area contributed by atoms with Crippen molar-refractivity contribution in [2.75, 3.05) is 18.0 Å². The lowest BCUT2D eigenvalue weighted by Crippen LogP contribution is -2.33. The third kappa shape index (κ3) is 4.60. The molecule has 0 unspecified atom stereocenters. The predicted molar refractivity (Wildman–Crippen MR) is 109 cm³/mol. The van der Waals surface area contributed by atoms with Crippen LogP contribution in [0.15, 0.2) is 59.1 Å². The first kappa shape index (κ1) is 18.7. The second kappa shape index (κ2) is 8.57. The molecule has 0 spiro atoms. The Labute approximate surface area is 165 Å². The van der Waals surface area contributed by atoms with Gasteiger partial charge in [-0.1, -0.05) is 13.0 Å². The molecule has 0 saturated carbocycles. The van der Waals surface area contributed by atoms with Crippen LogP contribution in [0.4, 0.5) is 10.2 Å². The van der Waals surface area contributed by atoms with E-state index in [1.54, 1.807) is 12.1 Å². The molecule has 1 aromatic carbocycles. The van der Waals surface area contributed by atoms with Gasteiger partial charge in [-0.05, 0) is 66.8 Å². The summed E-state index contributed by atoms with van der Waals surface area (Å²) in [6, 6.07) is 14.5. The highest BCUT2D eigenvalue weighted by atomic mass is 19.1. The van der Waals surface area contributed by atoms with Gasteiger partial charge < -0.3 is 14.6 Å². The molecular weight excluding hydrogens is 353 g/mol. The summed E-state index contributed by atoms with van der Waals surface area (Å²) in [6.07, 6.45) is 4.44. The van der Waals surface area contributed by atoms with Crippen molar-refractivity contribution >= 4 is 5.82 Å². The molecule has 1 saturated heterocycles. The number of pyridine rings is 1. The van der Waals surface area contributed by atoms with Gasteiger partial charge in [-0.25, -0.2) is 9.37 Å². The van der Waals surface area contributed by atoms with Gasteiger partial charge in [-0.15, -0.1) is 0 Å². The number of aromatic nitrogens is 1.